The molecule has 1 aromatic rings. The van der Waals surface area contributed by atoms with Gasteiger partial charge in [0.15, 0.2) is 9.84 Å². The summed E-state index contributed by atoms with van der Waals surface area (Å²) < 4.78 is 24.1. The van der Waals surface area contributed by atoms with Crippen LogP contribution in [0.2, 0.25) is 0 Å². The maximum absolute atomic E-state index is 12.0. The van der Waals surface area contributed by atoms with Gasteiger partial charge in [-0.2, -0.15) is 0 Å². The van der Waals surface area contributed by atoms with Gasteiger partial charge in [-0.3, -0.25) is 0 Å². The first-order chi connectivity index (χ1) is 23.8. The second-order valence-electron chi connectivity index (χ2n) is 19.4. The summed E-state index contributed by atoms with van der Waals surface area (Å²) >= 11 is 0. The lowest BCUT2D eigenvalue weighted by atomic mass is 9.32. The third-order valence-electron chi connectivity index (χ3n) is 16.9. The van der Waals surface area contributed by atoms with E-state index in [4.69, 9.17) is 0 Å². The van der Waals surface area contributed by atoms with Gasteiger partial charge in [0.2, 0.25) is 0 Å². The fourth-order valence-corrected chi connectivity index (χ4v) is 15.3. The number of sulfone groups is 1. The van der Waals surface area contributed by atoms with Crippen molar-refractivity contribution in [2.45, 2.75) is 110 Å². The Kier molecular flexibility index (Phi) is 9.30. The molecule has 8 nitrogen and oxygen atoms in total. The van der Waals surface area contributed by atoms with E-state index in [0.717, 1.165) is 57.2 Å². The lowest BCUT2D eigenvalue weighted by molar-refractivity contribution is -0.227. The molecule has 0 aromatic heterocycles. The van der Waals surface area contributed by atoms with Crippen LogP contribution in [0.3, 0.4) is 0 Å². The molecule has 284 valence electrons. The van der Waals surface area contributed by atoms with Crippen LogP contribution < -0.4 is 5.32 Å². The number of carboxylic acid groups (broad SMARTS) is 1. The van der Waals surface area contributed by atoms with Crippen LogP contribution in [0.1, 0.15) is 115 Å². The second kappa shape index (κ2) is 12.6. The van der Waals surface area contributed by atoms with Crippen LogP contribution >= 0.6 is 0 Å². The number of nitrogens with one attached hydrogen (secondary N) is 1. The third kappa shape index (κ3) is 5.80. The smallest absolute Gasteiger partial charge is 0.335 e. The predicted molar refractivity (Wildman–Crippen MR) is 202 cm³/mol. The zero-order valence-corrected chi connectivity index (χ0v) is 32.8. The highest BCUT2D eigenvalue weighted by atomic mass is 32.2. The molecule has 5 fully saturated rings. The number of allylic oxidation sites excluding steroid dienone is 2. The van der Waals surface area contributed by atoms with Crippen molar-refractivity contribution in [3.8, 4) is 0 Å². The predicted octanol–water partition coefficient (Wildman–Crippen LogP) is 6.28. The van der Waals surface area contributed by atoms with Crippen molar-refractivity contribution in [1.82, 2.24) is 10.2 Å². The van der Waals surface area contributed by atoms with E-state index in [1.165, 1.54) is 24.8 Å². The summed E-state index contributed by atoms with van der Waals surface area (Å²) in [5, 5.41) is 35.9. The Bertz CT molecular complexity index is 1640. The van der Waals surface area contributed by atoms with Gasteiger partial charge in [0.05, 0.1) is 29.3 Å². The van der Waals surface area contributed by atoms with Crippen molar-refractivity contribution in [2.75, 3.05) is 44.3 Å². The molecule has 7 rings (SSSR count). The lowest BCUT2D eigenvalue weighted by Gasteiger charge is -2.72. The van der Waals surface area contributed by atoms with Crippen LogP contribution in [0.15, 0.2) is 30.3 Å². The van der Waals surface area contributed by atoms with Crippen LogP contribution in [0.25, 0.3) is 5.57 Å². The van der Waals surface area contributed by atoms with Crippen LogP contribution in [-0.2, 0) is 9.84 Å². The first-order valence-corrected chi connectivity index (χ1v) is 21.7. The van der Waals surface area contributed by atoms with Crippen LogP contribution in [0.5, 0.6) is 0 Å². The molecule has 6 aliphatic rings. The summed E-state index contributed by atoms with van der Waals surface area (Å²) in [6, 6.07) is 7.48. The maximum Gasteiger partial charge on any atom is 0.335 e. The zero-order chi connectivity index (χ0) is 36.8. The van der Waals surface area contributed by atoms with E-state index < -0.39 is 21.4 Å². The largest absolute Gasteiger partial charge is 0.478 e. The normalized spacial score (nSPS) is 42.7. The van der Waals surface area contributed by atoms with Gasteiger partial charge < -0.3 is 25.5 Å². The molecule has 51 heavy (non-hydrogen) atoms. The highest BCUT2D eigenvalue weighted by Gasteiger charge is 2.71. The number of aliphatic hydroxyl groups is 2. The Balaban J connectivity index is 1.17. The van der Waals surface area contributed by atoms with Crippen molar-refractivity contribution in [1.29, 1.82) is 0 Å². The first kappa shape index (κ1) is 37.5. The van der Waals surface area contributed by atoms with Gasteiger partial charge >= 0.3 is 5.97 Å². The maximum atomic E-state index is 12.0. The fourth-order valence-electron chi connectivity index (χ4n) is 14.0. The van der Waals surface area contributed by atoms with Crippen molar-refractivity contribution in [2.24, 2.45) is 51.2 Å². The summed E-state index contributed by atoms with van der Waals surface area (Å²) in [5.41, 5.74) is 1.96. The molecule has 5 aliphatic carbocycles. The number of fused-ring (bicyclic) bond motifs is 7. The molecule has 10 atom stereocenters. The molecular weight excluding hydrogens is 661 g/mol. The summed E-state index contributed by atoms with van der Waals surface area (Å²) in [7, 11) is -2.91. The fraction of sp³-hybridized carbons (Fsp3) is 0.786. The van der Waals surface area contributed by atoms with E-state index in [1.54, 1.807) is 12.1 Å². The third-order valence-corrected chi connectivity index (χ3v) is 18.5. The molecule has 9 heteroatoms. The minimum atomic E-state index is -2.91. The van der Waals surface area contributed by atoms with Crippen LogP contribution in [0, 0.1) is 51.2 Å². The first-order valence-electron chi connectivity index (χ1n) is 19.9. The minimum Gasteiger partial charge on any atom is -0.478 e. The molecule has 0 unspecified atom stereocenters. The minimum absolute atomic E-state index is 0.0263. The quantitative estimate of drug-likeness (QED) is 0.247. The van der Waals surface area contributed by atoms with E-state index in [2.05, 4.69) is 50.9 Å². The summed E-state index contributed by atoms with van der Waals surface area (Å²) in [6.07, 6.45) is 12.3. The molecule has 0 amide bonds. The SMILES string of the molecule is CC1(C)C(c2ccc(C(=O)O)cc2)=CC[C@]2(C)[C@H]3CC[C@@H]4[C@H]5[C@H]([C@@](C)(O)CO)CC[C@]5(NCCN5CCS(=O)(=O)CC5)CC[C@@]4(C)[C@]3(C)CC[C@@H]12. The molecule has 0 radical (unpaired) electrons. The van der Waals surface area contributed by atoms with E-state index in [-0.39, 0.29) is 57.1 Å². The topological polar surface area (TPSA) is 127 Å². The summed E-state index contributed by atoms with van der Waals surface area (Å²) in [6.45, 7) is 17.2. The Morgan fingerprint density at radius 2 is 1.61 bits per heavy atom. The van der Waals surface area contributed by atoms with Crippen molar-refractivity contribution < 1.29 is 28.5 Å². The van der Waals surface area contributed by atoms with E-state index in [9.17, 15) is 28.5 Å². The molecule has 0 bridgehead atoms. The van der Waals surface area contributed by atoms with Gasteiger partial charge in [-0.05, 0) is 139 Å². The van der Waals surface area contributed by atoms with Crippen LogP contribution in [-0.4, -0.2) is 90.0 Å². The average molecular weight is 725 g/mol. The molecule has 1 aromatic carbocycles. The van der Waals surface area contributed by atoms with Crippen molar-refractivity contribution in [3.05, 3.63) is 41.5 Å². The lowest BCUT2D eigenvalue weighted by Crippen LogP contribution is -2.69. The Morgan fingerprint density at radius 1 is 0.922 bits per heavy atom. The van der Waals surface area contributed by atoms with E-state index in [1.807, 2.05) is 19.1 Å². The number of aromatic carboxylic acids is 1. The highest BCUT2D eigenvalue weighted by Crippen LogP contribution is 2.76. The number of hydrogen-bond donors (Lipinski definition) is 4. The molecule has 4 N–H and O–H groups in total. The van der Waals surface area contributed by atoms with Gasteiger partial charge in [-0.15, -0.1) is 0 Å². The van der Waals surface area contributed by atoms with E-state index in [0.29, 0.717) is 36.4 Å². The number of carbonyl (C=O) groups is 1. The summed E-state index contributed by atoms with van der Waals surface area (Å²) in [5.74, 6) is 1.44. The van der Waals surface area contributed by atoms with Gasteiger partial charge in [0, 0.05) is 31.7 Å². The van der Waals surface area contributed by atoms with Crippen LogP contribution in [0.4, 0.5) is 0 Å². The highest BCUT2D eigenvalue weighted by molar-refractivity contribution is 7.91. The monoisotopic (exact) mass is 724 g/mol. The standard InChI is InChI=1S/C42H64N2O6S/c1-37(2)30(28-7-9-29(10-8-28)36(46)47)13-16-38(3)33(37)15-17-40(5)34(38)12-11-31-35-32(41(6,48)27-45)14-18-42(35,20-19-39(31,40)4)43-21-22-44-23-25-51(49,50)26-24-44/h7-10,13,31-35,43,45,48H,11-12,14-27H2,1-6H3,(H,46,47)/t31-,32-,33+,34-,35+,38+,39-,40-,41+,42+/m1/s1. The number of rotatable bonds is 8. The number of nitrogens with zero attached hydrogens (tertiary/aromatic N) is 1. The molecule has 1 heterocycles. The second-order valence-corrected chi connectivity index (χ2v) is 21.7. The number of carboxylic acids is 1. The number of aliphatic hydroxyl groups excluding tert-OH is 1. The molecule has 4 saturated carbocycles. The van der Waals surface area contributed by atoms with Gasteiger partial charge in [0.1, 0.15) is 0 Å². The molecule has 0 spiro atoms. The van der Waals surface area contributed by atoms with Gasteiger partial charge in [-0.1, -0.05) is 52.8 Å². The Labute approximate surface area is 306 Å². The Hall–Kier alpha value is -1.78. The zero-order valence-electron chi connectivity index (χ0n) is 32.0. The number of hydrogen-bond acceptors (Lipinski definition) is 7. The van der Waals surface area contributed by atoms with Gasteiger partial charge in [0.25, 0.3) is 0 Å². The summed E-state index contributed by atoms with van der Waals surface area (Å²) in [4.78, 5) is 13.8. The van der Waals surface area contributed by atoms with Gasteiger partial charge in [-0.25, -0.2) is 13.2 Å². The Morgan fingerprint density at radius 3 is 2.25 bits per heavy atom. The molecule has 1 saturated heterocycles. The molecule has 1 aliphatic heterocycles. The number of benzene rings is 1. The van der Waals surface area contributed by atoms with E-state index >= 15 is 0 Å². The van der Waals surface area contributed by atoms with Crippen molar-refractivity contribution in [3.63, 3.8) is 0 Å². The average Bonchev–Trinajstić information content (AvgIpc) is 3.46. The van der Waals surface area contributed by atoms with Crippen molar-refractivity contribution >= 4 is 21.4 Å². The molecular formula is C42H64N2O6S.